The summed E-state index contributed by atoms with van der Waals surface area (Å²) in [6.07, 6.45) is 3.78. The zero-order valence-electron chi connectivity index (χ0n) is 12.7. The van der Waals surface area contributed by atoms with Gasteiger partial charge in [-0.3, -0.25) is 4.98 Å². The summed E-state index contributed by atoms with van der Waals surface area (Å²) in [4.78, 5) is 4.43. The number of hydrogen-bond acceptors (Lipinski definition) is 2. The highest BCUT2D eigenvalue weighted by Crippen LogP contribution is 2.35. The van der Waals surface area contributed by atoms with E-state index in [9.17, 15) is 0 Å². The minimum atomic E-state index is 0.503. The predicted octanol–water partition coefficient (Wildman–Crippen LogP) is 5.77. The minimum Gasteiger partial charge on any atom is -0.455 e. The average Bonchev–Trinajstić information content (AvgIpc) is 2.93. The first kappa shape index (κ1) is 13.1. The van der Waals surface area contributed by atoms with Gasteiger partial charge < -0.3 is 4.42 Å². The lowest BCUT2D eigenvalue weighted by Crippen LogP contribution is -1.88. The van der Waals surface area contributed by atoms with Crippen molar-refractivity contribution in [1.82, 2.24) is 4.98 Å². The highest BCUT2D eigenvalue weighted by atomic mass is 16.3. The van der Waals surface area contributed by atoms with Crippen molar-refractivity contribution in [3.05, 3.63) is 66.5 Å². The minimum absolute atomic E-state index is 0.503. The van der Waals surface area contributed by atoms with E-state index in [4.69, 9.17) is 4.42 Å². The fourth-order valence-electron chi connectivity index (χ4n) is 2.91. The number of pyridine rings is 1. The first-order valence-corrected chi connectivity index (χ1v) is 7.59. The molecule has 0 unspecified atom stereocenters. The van der Waals surface area contributed by atoms with Gasteiger partial charge in [-0.1, -0.05) is 56.3 Å². The van der Waals surface area contributed by atoms with Crippen LogP contribution in [0.4, 0.5) is 0 Å². The topological polar surface area (TPSA) is 26.0 Å². The molecular formula is C20H17NO. The van der Waals surface area contributed by atoms with E-state index in [0.29, 0.717) is 5.92 Å². The Morgan fingerprint density at radius 1 is 0.909 bits per heavy atom. The van der Waals surface area contributed by atoms with E-state index in [0.717, 1.165) is 33.1 Å². The molecule has 108 valence electrons. The smallest absolute Gasteiger partial charge is 0.146 e. The van der Waals surface area contributed by atoms with Crippen LogP contribution in [0.2, 0.25) is 0 Å². The van der Waals surface area contributed by atoms with Gasteiger partial charge in [0.05, 0.1) is 0 Å². The highest BCUT2D eigenvalue weighted by Gasteiger charge is 2.13. The Kier molecular flexibility index (Phi) is 2.97. The number of para-hydroxylation sites is 1. The van der Waals surface area contributed by atoms with Crippen LogP contribution in [0.15, 0.2) is 65.3 Å². The lowest BCUT2D eigenvalue weighted by Gasteiger charge is -2.08. The Bertz CT molecular complexity index is 966. The monoisotopic (exact) mass is 287 g/mol. The largest absolute Gasteiger partial charge is 0.455 e. The third-order valence-electron chi connectivity index (χ3n) is 4.15. The number of hydrogen-bond donors (Lipinski definition) is 0. The molecule has 0 spiro atoms. The van der Waals surface area contributed by atoms with Crippen molar-refractivity contribution in [2.45, 2.75) is 19.8 Å². The molecule has 4 aromatic rings. The maximum absolute atomic E-state index is 6.10. The Hall–Kier alpha value is -2.61. The van der Waals surface area contributed by atoms with Gasteiger partial charge in [-0.05, 0) is 23.1 Å². The summed E-state index contributed by atoms with van der Waals surface area (Å²) in [5.74, 6) is 0.503. The number of nitrogens with zero attached hydrogens (tertiary/aromatic N) is 1. The van der Waals surface area contributed by atoms with Gasteiger partial charge >= 0.3 is 0 Å². The molecule has 0 bridgehead atoms. The van der Waals surface area contributed by atoms with Gasteiger partial charge in [-0.15, -0.1) is 0 Å². The van der Waals surface area contributed by atoms with Crippen molar-refractivity contribution < 1.29 is 4.42 Å². The Labute approximate surface area is 129 Å². The van der Waals surface area contributed by atoms with E-state index >= 15 is 0 Å². The van der Waals surface area contributed by atoms with E-state index in [1.54, 1.807) is 0 Å². The second kappa shape index (κ2) is 4.99. The third kappa shape index (κ3) is 2.00. The summed E-state index contributed by atoms with van der Waals surface area (Å²) in [7, 11) is 0. The number of aromatic nitrogens is 1. The van der Waals surface area contributed by atoms with Gasteiger partial charge in [0.1, 0.15) is 11.2 Å². The lowest BCUT2D eigenvalue weighted by molar-refractivity contribution is 0.669. The molecule has 0 saturated carbocycles. The molecule has 0 amide bonds. The summed E-state index contributed by atoms with van der Waals surface area (Å²) in [5.41, 5.74) is 5.36. The van der Waals surface area contributed by atoms with Crippen LogP contribution in [0.25, 0.3) is 33.1 Å². The normalized spacial score (nSPS) is 11.6. The molecule has 0 atom stereocenters. The highest BCUT2D eigenvalue weighted by molar-refractivity contribution is 6.08. The molecule has 0 aliphatic carbocycles. The van der Waals surface area contributed by atoms with Crippen molar-refractivity contribution in [2.24, 2.45) is 0 Å². The van der Waals surface area contributed by atoms with Crippen LogP contribution in [-0.2, 0) is 0 Å². The second-order valence-corrected chi connectivity index (χ2v) is 5.94. The van der Waals surface area contributed by atoms with E-state index in [-0.39, 0.29) is 0 Å². The van der Waals surface area contributed by atoms with Crippen molar-refractivity contribution in [3.63, 3.8) is 0 Å². The van der Waals surface area contributed by atoms with E-state index < -0.39 is 0 Å². The van der Waals surface area contributed by atoms with Gasteiger partial charge in [0, 0.05) is 28.7 Å². The quantitative estimate of drug-likeness (QED) is 0.467. The van der Waals surface area contributed by atoms with Crippen molar-refractivity contribution >= 4 is 21.9 Å². The van der Waals surface area contributed by atoms with Gasteiger partial charge in [0.25, 0.3) is 0 Å². The molecule has 0 N–H and O–H groups in total. The van der Waals surface area contributed by atoms with Gasteiger partial charge in [-0.25, -0.2) is 0 Å². The summed E-state index contributed by atoms with van der Waals surface area (Å²) in [6, 6.07) is 16.7. The Morgan fingerprint density at radius 3 is 2.64 bits per heavy atom. The van der Waals surface area contributed by atoms with Crippen LogP contribution in [0.1, 0.15) is 25.3 Å². The van der Waals surface area contributed by atoms with Gasteiger partial charge in [0.15, 0.2) is 0 Å². The van der Waals surface area contributed by atoms with E-state index in [2.05, 4.69) is 49.2 Å². The van der Waals surface area contributed by atoms with E-state index in [1.165, 1.54) is 5.56 Å². The van der Waals surface area contributed by atoms with Crippen molar-refractivity contribution in [2.75, 3.05) is 0 Å². The van der Waals surface area contributed by atoms with E-state index in [1.807, 2.05) is 30.6 Å². The SMILES string of the molecule is CC(C)c1cccc(-c2cncc3c2oc2ccccc23)c1. The zero-order valence-corrected chi connectivity index (χ0v) is 12.7. The molecule has 2 heterocycles. The standard InChI is InChI=1S/C20H17NO/c1-13(2)14-6-5-7-15(10-14)17-11-21-12-18-16-8-3-4-9-19(16)22-20(17)18/h3-13H,1-2H3. The molecule has 2 nitrogen and oxygen atoms in total. The molecule has 0 fully saturated rings. The number of benzene rings is 2. The Morgan fingerprint density at radius 2 is 1.77 bits per heavy atom. The molecule has 0 saturated heterocycles. The van der Waals surface area contributed by atoms with Crippen LogP contribution in [0.3, 0.4) is 0 Å². The molecule has 4 rings (SSSR count). The van der Waals surface area contributed by atoms with Gasteiger partial charge in [0.2, 0.25) is 0 Å². The van der Waals surface area contributed by atoms with Crippen LogP contribution < -0.4 is 0 Å². The molecule has 22 heavy (non-hydrogen) atoms. The molecular weight excluding hydrogens is 270 g/mol. The summed E-state index contributed by atoms with van der Waals surface area (Å²) in [6.45, 7) is 4.41. The zero-order chi connectivity index (χ0) is 15.1. The first-order valence-electron chi connectivity index (χ1n) is 7.59. The molecule has 0 aliphatic heterocycles. The summed E-state index contributed by atoms with van der Waals surface area (Å²) >= 11 is 0. The maximum Gasteiger partial charge on any atom is 0.146 e. The lowest BCUT2D eigenvalue weighted by atomic mass is 9.97. The molecule has 0 aliphatic rings. The number of rotatable bonds is 2. The molecule has 0 radical (unpaired) electrons. The second-order valence-electron chi connectivity index (χ2n) is 5.94. The van der Waals surface area contributed by atoms with Crippen LogP contribution in [0.5, 0.6) is 0 Å². The molecule has 2 aromatic carbocycles. The van der Waals surface area contributed by atoms with Crippen LogP contribution >= 0.6 is 0 Å². The van der Waals surface area contributed by atoms with Crippen molar-refractivity contribution in [1.29, 1.82) is 0 Å². The summed E-state index contributed by atoms with van der Waals surface area (Å²) < 4.78 is 6.10. The Balaban J connectivity index is 2.01. The van der Waals surface area contributed by atoms with Gasteiger partial charge in [-0.2, -0.15) is 0 Å². The molecule has 2 heteroatoms. The average molecular weight is 287 g/mol. The molecule has 2 aromatic heterocycles. The fourth-order valence-corrected chi connectivity index (χ4v) is 2.91. The number of fused-ring (bicyclic) bond motifs is 3. The predicted molar refractivity (Wildman–Crippen MR) is 91.0 cm³/mol. The van der Waals surface area contributed by atoms with Crippen LogP contribution in [0, 0.1) is 0 Å². The third-order valence-corrected chi connectivity index (χ3v) is 4.15. The maximum atomic E-state index is 6.10. The first-order chi connectivity index (χ1) is 10.7. The fraction of sp³-hybridized carbons (Fsp3) is 0.150. The van der Waals surface area contributed by atoms with Crippen molar-refractivity contribution in [3.8, 4) is 11.1 Å². The van der Waals surface area contributed by atoms with Crippen LogP contribution in [-0.4, -0.2) is 4.98 Å². The number of furan rings is 1. The summed E-state index contributed by atoms with van der Waals surface area (Å²) in [5, 5.41) is 2.19.